The van der Waals surface area contributed by atoms with Crippen molar-refractivity contribution in [1.29, 1.82) is 0 Å². The van der Waals surface area contributed by atoms with Crippen LogP contribution in [0.3, 0.4) is 0 Å². The molecule has 92 valence electrons. The number of methoxy groups -OCH3 is 1. The van der Waals surface area contributed by atoms with Crippen molar-refractivity contribution in [1.82, 2.24) is 0 Å². The van der Waals surface area contributed by atoms with Gasteiger partial charge in [0.2, 0.25) is 0 Å². The van der Waals surface area contributed by atoms with E-state index in [9.17, 15) is 9.90 Å². The van der Waals surface area contributed by atoms with Gasteiger partial charge < -0.3 is 19.3 Å². The lowest BCUT2D eigenvalue weighted by molar-refractivity contribution is -0.150. The summed E-state index contributed by atoms with van der Waals surface area (Å²) in [4.78, 5) is 11.1. The highest BCUT2D eigenvalue weighted by Gasteiger charge is 2.21. The Hall–Kier alpha value is -1.59. The fourth-order valence-corrected chi connectivity index (χ4v) is 1.45. The summed E-state index contributed by atoms with van der Waals surface area (Å²) in [6.07, 6.45) is -1.15. The van der Waals surface area contributed by atoms with E-state index < -0.39 is 12.1 Å². The van der Waals surface area contributed by atoms with Crippen molar-refractivity contribution >= 4 is 5.97 Å². The molecule has 0 aliphatic carbocycles. The molecular formula is C12H14O5. The molecule has 1 aromatic carbocycles. The second kappa shape index (κ2) is 5.16. The molecule has 1 aromatic rings. The van der Waals surface area contributed by atoms with Crippen LogP contribution >= 0.6 is 0 Å². The van der Waals surface area contributed by atoms with Crippen LogP contribution in [0.2, 0.25) is 0 Å². The normalized spacial score (nSPS) is 17.1. The Bertz CT molecular complexity index is 382. The first-order valence-corrected chi connectivity index (χ1v) is 5.31. The topological polar surface area (TPSA) is 65.0 Å². The predicted octanol–water partition coefficient (Wildman–Crippen LogP) is 0.671. The van der Waals surface area contributed by atoms with Crippen LogP contribution in [-0.2, 0) is 14.3 Å². The largest absolute Gasteiger partial charge is 0.486 e. The molecule has 0 amide bonds. The van der Waals surface area contributed by atoms with Gasteiger partial charge in [0.25, 0.3) is 0 Å². The Morgan fingerprint density at radius 2 is 2.06 bits per heavy atom. The average molecular weight is 238 g/mol. The number of rotatable bonds is 4. The molecule has 0 bridgehead atoms. The minimum atomic E-state index is -1.25. The van der Waals surface area contributed by atoms with Gasteiger partial charge in [-0.05, 0) is 17.7 Å². The van der Waals surface area contributed by atoms with Gasteiger partial charge in [0.1, 0.15) is 11.9 Å². The van der Waals surface area contributed by atoms with Gasteiger partial charge in [-0.15, -0.1) is 0 Å². The highest BCUT2D eigenvalue weighted by atomic mass is 16.6. The smallest absolute Gasteiger partial charge is 0.339 e. The molecular weight excluding hydrogens is 224 g/mol. The molecule has 1 unspecified atom stereocenters. The van der Waals surface area contributed by atoms with E-state index in [2.05, 4.69) is 4.74 Å². The Morgan fingerprint density at radius 1 is 1.41 bits per heavy atom. The van der Waals surface area contributed by atoms with Crippen LogP contribution in [0, 0.1) is 0 Å². The maximum atomic E-state index is 11.1. The zero-order valence-electron chi connectivity index (χ0n) is 9.46. The minimum Gasteiger partial charge on any atom is -0.486 e. The molecule has 1 aliphatic heterocycles. The Morgan fingerprint density at radius 3 is 2.53 bits per heavy atom. The number of hydrogen-bond acceptors (Lipinski definition) is 5. The maximum absolute atomic E-state index is 11.1. The fourth-order valence-electron chi connectivity index (χ4n) is 1.45. The highest BCUT2D eigenvalue weighted by Crippen LogP contribution is 2.20. The van der Waals surface area contributed by atoms with Gasteiger partial charge >= 0.3 is 5.97 Å². The molecule has 17 heavy (non-hydrogen) atoms. The lowest BCUT2D eigenvalue weighted by atomic mass is 10.1. The van der Waals surface area contributed by atoms with Gasteiger partial charge in [0.05, 0.1) is 20.3 Å². The monoisotopic (exact) mass is 238 g/mol. The minimum absolute atomic E-state index is 0.103. The summed E-state index contributed by atoms with van der Waals surface area (Å²) in [6.45, 7) is 1.21. The maximum Gasteiger partial charge on any atom is 0.339 e. The molecule has 2 rings (SSSR count). The van der Waals surface area contributed by atoms with Crippen molar-refractivity contribution in [2.24, 2.45) is 0 Å². The van der Waals surface area contributed by atoms with Crippen LogP contribution in [0.5, 0.6) is 5.75 Å². The summed E-state index contributed by atoms with van der Waals surface area (Å²) in [5.74, 6) is 0.0187. The number of aliphatic hydroxyl groups excluding tert-OH is 1. The number of ether oxygens (including phenoxy) is 3. The van der Waals surface area contributed by atoms with E-state index in [1.807, 2.05) is 0 Å². The average Bonchev–Trinajstić information content (AvgIpc) is 2.32. The first-order chi connectivity index (χ1) is 8.20. The van der Waals surface area contributed by atoms with Crippen LogP contribution < -0.4 is 4.74 Å². The predicted molar refractivity (Wildman–Crippen MR) is 58.7 cm³/mol. The van der Waals surface area contributed by atoms with Crippen LogP contribution in [0.1, 0.15) is 11.7 Å². The van der Waals surface area contributed by atoms with E-state index in [-0.39, 0.29) is 6.10 Å². The SMILES string of the molecule is COC(=O)C(O)c1ccc(OC2COC2)cc1. The molecule has 1 heterocycles. The van der Waals surface area contributed by atoms with Crippen LogP contribution in [0.25, 0.3) is 0 Å². The van der Waals surface area contributed by atoms with Gasteiger partial charge in [-0.2, -0.15) is 0 Å². The van der Waals surface area contributed by atoms with Crippen molar-refractivity contribution in [3.63, 3.8) is 0 Å². The molecule has 1 fully saturated rings. The fraction of sp³-hybridized carbons (Fsp3) is 0.417. The van der Waals surface area contributed by atoms with E-state index >= 15 is 0 Å². The molecule has 5 nitrogen and oxygen atoms in total. The molecule has 1 atom stereocenters. The summed E-state index contributed by atoms with van der Waals surface area (Å²) in [7, 11) is 1.24. The first-order valence-electron chi connectivity index (χ1n) is 5.31. The summed E-state index contributed by atoms with van der Waals surface area (Å²) in [5.41, 5.74) is 0.481. The van der Waals surface area contributed by atoms with Gasteiger partial charge in [-0.3, -0.25) is 0 Å². The molecule has 0 saturated carbocycles. The van der Waals surface area contributed by atoms with E-state index in [4.69, 9.17) is 9.47 Å². The van der Waals surface area contributed by atoms with Crippen molar-refractivity contribution in [2.45, 2.75) is 12.2 Å². The second-order valence-corrected chi connectivity index (χ2v) is 3.77. The highest BCUT2D eigenvalue weighted by molar-refractivity contribution is 5.76. The number of carbonyl (C=O) groups excluding carboxylic acids is 1. The van der Waals surface area contributed by atoms with Crippen LogP contribution in [0.15, 0.2) is 24.3 Å². The summed E-state index contributed by atoms with van der Waals surface area (Å²) in [5, 5.41) is 9.58. The van der Waals surface area contributed by atoms with Crippen LogP contribution in [0.4, 0.5) is 0 Å². The molecule has 0 radical (unpaired) electrons. The van der Waals surface area contributed by atoms with Gasteiger partial charge in [-0.25, -0.2) is 4.79 Å². The third-order valence-electron chi connectivity index (χ3n) is 2.53. The molecule has 0 aromatic heterocycles. The third-order valence-corrected chi connectivity index (χ3v) is 2.53. The molecule has 0 spiro atoms. The summed E-state index contributed by atoms with van der Waals surface area (Å²) >= 11 is 0. The number of benzene rings is 1. The standard InChI is InChI=1S/C12H14O5/c1-15-12(14)11(13)8-2-4-9(5-3-8)17-10-6-16-7-10/h2-5,10-11,13H,6-7H2,1H3. The quantitative estimate of drug-likeness (QED) is 0.781. The van der Waals surface area contributed by atoms with Crippen molar-refractivity contribution in [3.05, 3.63) is 29.8 Å². The van der Waals surface area contributed by atoms with E-state index in [1.54, 1.807) is 24.3 Å². The molecule has 1 aliphatic rings. The van der Waals surface area contributed by atoms with Crippen molar-refractivity contribution < 1.29 is 24.1 Å². The Kier molecular flexibility index (Phi) is 3.61. The van der Waals surface area contributed by atoms with Crippen LogP contribution in [-0.4, -0.2) is 37.5 Å². The van der Waals surface area contributed by atoms with E-state index in [0.717, 1.165) is 0 Å². The number of carbonyl (C=O) groups is 1. The van der Waals surface area contributed by atoms with Crippen molar-refractivity contribution in [2.75, 3.05) is 20.3 Å². The third kappa shape index (κ3) is 2.75. The zero-order chi connectivity index (χ0) is 12.3. The number of esters is 1. The number of aliphatic hydroxyl groups is 1. The van der Waals surface area contributed by atoms with Crippen molar-refractivity contribution in [3.8, 4) is 5.75 Å². The second-order valence-electron chi connectivity index (χ2n) is 3.77. The first kappa shape index (κ1) is 11.9. The van der Waals surface area contributed by atoms with Gasteiger partial charge in [0, 0.05) is 0 Å². The van der Waals surface area contributed by atoms with E-state index in [1.165, 1.54) is 7.11 Å². The summed E-state index contributed by atoms with van der Waals surface area (Å²) < 4.78 is 15.0. The van der Waals surface area contributed by atoms with E-state index in [0.29, 0.717) is 24.5 Å². The summed E-state index contributed by atoms with van der Waals surface area (Å²) in [6, 6.07) is 6.69. The lowest BCUT2D eigenvalue weighted by Gasteiger charge is -2.26. The Balaban J connectivity index is 1.99. The Labute approximate surface area is 98.9 Å². The molecule has 1 saturated heterocycles. The number of hydrogen-bond donors (Lipinski definition) is 1. The van der Waals surface area contributed by atoms with Gasteiger partial charge in [0.15, 0.2) is 6.10 Å². The van der Waals surface area contributed by atoms with Gasteiger partial charge in [-0.1, -0.05) is 12.1 Å². The molecule has 5 heteroatoms. The zero-order valence-corrected chi connectivity index (χ0v) is 9.46. The lowest BCUT2D eigenvalue weighted by Crippen LogP contribution is -2.38. The molecule has 1 N–H and O–H groups in total.